The van der Waals surface area contributed by atoms with Crippen LogP contribution in [0.4, 0.5) is 13.6 Å². The summed E-state index contributed by atoms with van der Waals surface area (Å²) in [5.41, 5.74) is 6.47. The number of ether oxygens (including phenoxy) is 2. The van der Waals surface area contributed by atoms with Gasteiger partial charge >= 0.3 is 12.7 Å². The van der Waals surface area contributed by atoms with Crippen LogP contribution in [-0.4, -0.2) is 36.3 Å². The molecule has 0 saturated carbocycles. The number of halogens is 2. The first kappa shape index (κ1) is 17.5. The minimum absolute atomic E-state index is 0.0972. The third-order valence-electron chi connectivity index (χ3n) is 3.56. The van der Waals surface area contributed by atoms with E-state index in [2.05, 4.69) is 4.74 Å². The number of benzene rings is 1. The zero-order chi connectivity index (χ0) is 17.2. The van der Waals surface area contributed by atoms with E-state index in [1.165, 1.54) is 12.1 Å². The largest absolute Gasteiger partial charge is 0.444 e. The van der Waals surface area contributed by atoms with Crippen molar-refractivity contribution in [3.05, 3.63) is 29.8 Å². The van der Waals surface area contributed by atoms with Gasteiger partial charge in [-0.1, -0.05) is 12.1 Å². The fraction of sp³-hybridized carbons (Fsp3) is 0.562. The Hall–Kier alpha value is -1.89. The van der Waals surface area contributed by atoms with Crippen molar-refractivity contribution in [2.45, 2.75) is 39.0 Å². The number of carbonyl (C=O) groups is 1. The van der Waals surface area contributed by atoms with Gasteiger partial charge in [0.05, 0.1) is 0 Å². The summed E-state index contributed by atoms with van der Waals surface area (Å²) in [4.78, 5) is 13.5. The maximum atomic E-state index is 12.1. The van der Waals surface area contributed by atoms with Crippen LogP contribution in [0.3, 0.4) is 0 Å². The highest BCUT2D eigenvalue weighted by Crippen LogP contribution is 2.30. The molecule has 1 aromatic rings. The normalized spacial score (nSPS) is 16.9. The van der Waals surface area contributed by atoms with Gasteiger partial charge in [0, 0.05) is 25.0 Å². The molecule has 1 atom stereocenters. The number of hydrogen-bond donors (Lipinski definition) is 1. The second kappa shape index (κ2) is 6.70. The minimum atomic E-state index is -2.84. The number of amides is 1. The molecule has 0 bridgehead atoms. The van der Waals surface area contributed by atoms with E-state index in [0.717, 1.165) is 5.56 Å². The van der Waals surface area contributed by atoms with Gasteiger partial charge < -0.3 is 20.1 Å². The molecular formula is C16H22F2N2O3. The van der Waals surface area contributed by atoms with Crippen LogP contribution in [0.1, 0.15) is 32.4 Å². The molecule has 23 heavy (non-hydrogen) atoms. The summed E-state index contributed by atoms with van der Waals surface area (Å²) >= 11 is 0. The van der Waals surface area contributed by atoms with Gasteiger partial charge in [0.2, 0.25) is 0 Å². The molecule has 2 rings (SSSR count). The lowest BCUT2D eigenvalue weighted by atomic mass is 9.88. The molecule has 1 fully saturated rings. The number of likely N-dealkylation sites (tertiary alicyclic amines) is 1. The summed E-state index contributed by atoms with van der Waals surface area (Å²) in [7, 11) is 0. The summed E-state index contributed by atoms with van der Waals surface area (Å²) in [5.74, 6) is 0.212. The zero-order valence-electron chi connectivity index (χ0n) is 13.5. The minimum Gasteiger partial charge on any atom is -0.444 e. The monoisotopic (exact) mass is 328 g/mol. The molecule has 0 unspecified atom stereocenters. The molecule has 0 aromatic heterocycles. The van der Waals surface area contributed by atoms with Crippen molar-refractivity contribution in [1.29, 1.82) is 0 Å². The summed E-state index contributed by atoms with van der Waals surface area (Å²) < 4.78 is 33.8. The molecule has 1 aliphatic heterocycles. The summed E-state index contributed by atoms with van der Waals surface area (Å²) in [6.45, 7) is 3.64. The Kier molecular flexibility index (Phi) is 5.09. The molecule has 7 heteroatoms. The van der Waals surface area contributed by atoms with Gasteiger partial charge in [-0.2, -0.15) is 8.78 Å². The molecule has 0 spiro atoms. The average Bonchev–Trinajstić information content (AvgIpc) is 2.34. The Labute approximate surface area is 134 Å². The van der Waals surface area contributed by atoms with Crippen LogP contribution in [0, 0.1) is 5.92 Å². The van der Waals surface area contributed by atoms with Crippen LogP contribution in [-0.2, 0) is 4.74 Å². The zero-order valence-corrected chi connectivity index (χ0v) is 13.5. The van der Waals surface area contributed by atoms with E-state index >= 15 is 0 Å². The van der Waals surface area contributed by atoms with Gasteiger partial charge in [0.1, 0.15) is 11.4 Å². The summed E-state index contributed by atoms with van der Waals surface area (Å²) in [6, 6.07) is 5.99. The summed E-state index contributed by atoms with van der Waals surface area (Å²) in [5, 5.41) is 0. The molecule has 1 aromatic carbocycles. The lowest BCUT2D eigenvalue weighted by Gasteiger charge is -2.42. The number of carbonyl (C=O) groups excluding carboxylic acids is 1. The Bertz CT molecular complexity index is 537. The maximum Gasteiger partial charge on any atom is 0.410 e. The van der Waals surface area contributed by atoms with E-state index in [1.807, 2.05) is 20.8 Å². The number of alkyl halides is 2. The molecule has 1 heterocycles. The lowest BCUT2D eigenvalue weighted by Crippen LogP contribution is -2.54. The molecule has 1 saturated heterocycles. The molecule has 128 valence electrons. The molecule has 0 aliphatic carbocycles. The van der Waals surface area contributed by atoms with Crippen molar-refractivity contribution in [3.8, 4) is 5.75 Å². The van der Waals surface area contributed by atoms with Crippen molar-refractivity contribution >= 4 is 6.09 Å². The second-order valence-electron chi connectivity index (χ2n) is 6.62. The standard InChI is InChI=1S/C16H22F2N2O3/c1-16(2,3)23-15(21)20-8-11(9-20)13(19)10-4-6-12(7-5-10)22-14(17)18/h4-7,11,13-14H,8-9,19H2,1-3H3/t13-/m0/s1. The number of nitrogens with zero attached hydrogens (tertiary/aromatic N) is 1. The molecule has 1 aliphatic rings. The van der Waals surface area contributed by atoms with E-state index in [9.17, 15) is 13.6 Å². The van der Waals surface area contributed by atoms with E-state index < -0.39 is 12.2 Å². The predicted octanol–water partition coefficient (Wildman–Crippen LogP) is 3.15. The first-order chi connectivity index (χ1) is 10.7. The Morgan fingerprint density at radius 3 is 2.30 bits per heavy atom. The highest BCUT2D eigenvalue weighted by molar-refractivity contribution is 5.69. The Morgan fingerprint density at radius 2 is 1.83 bits per heavy atom. The molecular weight excluding hydrogens is 306 g/mol. The van der Waals surface area contributed by atoms with Gasteiger partial charge in [-0.05, 0) is 38.5 Å². The van der Waals surface area contributed by atoms with Crippen LogP contribution in [0.5, 0.6) is 5.75 Å². The fourth-order valence-electron chi connectivity index (χ4n) is 2.36. The van der Waals surface area contributed by atoms with Crippen molar-refractivity contribution in [2.75, 3.05) is 13.1 Å². The van der Waals surface area contributed by atoms with E-state index in [4.69, 9.17) is 10.5 Å². The highest BCUT2D eigenvalue weighted by Gasteiger charge is 2.37. The fourth-order valence-corrected chi connectivity index (χ4v) is 2.36. The first-order valence-electron chi connectivity index (χ1n) is 7.44. The van der Waals surface area contributed by atoms with Crippen molar-refractivity contribution in [2.24, 2.45) is 11.7 Å². The van der Waals surface area contributed by atoms with Gasteiger partial charge in [-0.25, -0.2) is 4.79 Å². The number of hydrogen-bond acceptors (Lipinski definition) is 4. The van der Waals surface area contributed by atoms with Crippen molar-refractivity contribution in [3.63, 3.8) is 0 Å². The van der Waals surface area contributed by atoms with Gasteiger partial charge in [-0.3, -0.25) is 0 Å². The van der Waals surface area contributed by atoms with Crippen LogP contribution >= 0.6 is 0 Å². The maximum absolute atomic E-state index is 12.1. The lowest BCUT2D eigenvalue weighted by molar-refractivity contribution is -0.0498. The van der Waals surface area contributed by atoms with Crippen LogP contribution in [0.2, 0.25) is 0 Å². The van der Waals surface area contributed by atoms with Crippen LogP contribution in [0.15, 0.2) is 24.3 Å². The highest BCUT2D eigenvalue weighted by atomic mass is 19.3. The Morgan fingerprint density at radius 1 is 1.26 bits per heavy atom. The van der Waals surface area contributed by atoms with Crippen molar-refractivity contribution < 1.29 is 23.0 Å². The van der Waals surface area contributed by atoms with Crippen molar-refractivity contribution in [1.82, 2.24) is 4.90 Å². The SMILES string of the molecule is CC(C)(C)OC(=O)N1CC([C@@H](N)c2ccc(OC(F)F)cc2)C1. The second-order valence-corrected chi connectivity index (χ2v) is 6.62. The van der Waals surface area contributed by atoms with E-state index in [1.54, 1.807) is 17.0 Å². The summed E-state index contributed by atoms with van der Waals surface area (Å²) in [6.07, 6.45) is -0.346. The van der Waals surface area contributed by atoms with E-state index in [0.29, 0.717) is 13.1 Å². The van der Waals surface area contributed by atoms with Gasteiger partial charge in [-0.15, -0.1) is 0 Å². The number of nitrogens with two attached hydrogens (primary N) is 1. The number of rotatable bonds is 4. The van der Waals surface area contributed by atoms with Crippen LogP contribution in [0.25, 0.3) is 0 Å². The molecule has 5 nitrogen and oxygen atoms in total. The topological polar surface area (TPSA) is 64.8 Å². The van der Waals surface area contributed by atoms with E-state index in [-0.39, 0.29) is 23.8 Å². The quantitative estimate of drug-likeness (QED) is 0.922. The van der Waals surface area contributed by atoms with Gasteiger partial charge in [0.25, 0.3) is 0 Å². The smallest absolute Gasteiger partial charge is 0.410 e. The first-order valence-corrected chi connectivity index (χ1v) is 7.44. The average molecular weight is 328 g/mol. The third kappa shape index (κ3) is 4.79. The predicted molar refractivity (Wildman–Crippen MR) is 81.3 cm³/mol. The van der Waals surface area contributed by atoms with Crippen LogP contribution < -0.4 is 10.5 Å². The van der Waals surface area contributed by atoms with Gasteiger partial charge in [0.15, 0.2) is 0 Å². The molecule has 1 amide bonds. The molecule has 0 radical (unpaired) electrons. The molecule has 2 N–H and O–H groups in total. The third-order valence-corrected chi connectivity index (χ3v) is 3.56. The Balaban J connectivity index is 1.86.